The summed E-state index contributed by atoms with van der Waals surface area (Å²) in [6.07, 6.45) is 1.73. The molecule has 7 nitrogen and oxygen atoms in total. The van der Waals surface area contributed by atoms with Crippen LogP contribution in [-0.4, -0.2) is 67.3 Å². The molecule has 0 amide bonds. The Morgan fingerprint density at radius 1 is 1.02 bits per heavy atom. The van der Waals surface area contributed by atoms with Crippen molar-refractivity contribution in [3.63, 3.8) is 0 Å². The van der Waals surface area contributed by atoms with Gasteiger partial charge in [-0.2, -0.15) is 22.7 Å². The number of benzene rings is 2. The number of piperazine rings is 1. The number of alkyl halides is 3. The minimum absolute atomic E-state index is 0.00180. The highest BCUT2D eigenvalue weighted by Crippen LogP contribution is 2.37. The van der Waals surface area contributed by atoms with E-state index in [1.165, 1.54) is 16.6 Å². The van der Waals surface area contributed by atoms with E-state index in [1.807, 2.05) is 18.2 Å². The zero-order valence-corrected chi connectivity index (χ0v) is 23.6. The fourth-order valence-corrected chi connectivity index (χ4v) is 6.73. The first-order valence-electron chi connectivity index (χ1n) is 13.7. The monoisotopic (exact) mass is 578 g/mol. The van der Waals surface area contributed by atoms with E-state index in [-0.39, 0.29) is 18.2 Å². The molecule has 40 heavy (non-hydrogen) atoms. The second-order valence-corrected chi connectivity index (χ2v) is 13.1. The topological polar surface area (TPSA) is 96.7 Å². The van der Waals surface area contributed by atoms with Crippen LogP contribution in [0.5, 0.6) is 0 Å². The number of nitrogens with one attached hydrogen (secondary N) is 1. The number of rotatable bonds is 9. The summed E-state index contributed by atoms with van der Waals surface area (Å²) in [6.45, 7) is 2.93. The molecule has 2 aliphatic rings. The van der Waals surface area contributed by atoms with Gasteiger partial charge in [0.05, 0.1) is 29.1 Å². The molecule has 4 rings (SSSR count). The summed E-state index contributed by atoms with van der Waals surface area (Å²) in [7, 11) is -3.20. The Bertz CT molecular complexity index is 1310. The highest BCUT2D eigenvalue weighted by Gasteiger charge is 2.38. The molecule has 2 aromatic rings. The van der Waals surface area contributed by atoms with Gasteiger partial charge in [0.25, 0.3) is 0 Å². The van der Waals surface area contributed by atoms with Gasteiger partial charge < -0.3 is 10.4 Å². The number of nitrogens with zero attached hydrogens (tertiary/aromatic N) is 3. The molecule has 1 saturated carbocycles. The molecule has 0 aromatic heterocycles. The van der Waals surface area contributed by atoms with Crippen molar-refractivity contribution in [3.05, 3.63) is 64.7 Å². The lowest BCUT2D eigenvalue weighted by Crippen LogP contribution is -2.48. The lowest BCUT2D eigenvalue weighted by molar-refractivity contribution is -0.137. The van der Waals surface area contributed by atoms with Gasteiger partial charge in [-0.25, -0.2) is 8.42 Å². The molecule has 1 saturated heterocycles. The van der Waals surface area contributed by atoms with Crippen LogP contribution >= 0.6 is 0 Å². The molecule has 2 fully saturated rings. The predicted molar refractivity (Wildman–Crippen MR) is 148 cm³/mol. The first-order valence-corrected chi connectivity index (χ1v) is 15.6. The van der Waals surface area contributed by atoms with Gasteiger partial charge in [-0.1, -0.05) is 43.5 Å². The quantitative estimate of drug-likeness (QED) is 0.451. The summed E-state index contributed by atoms with van der Waals surface area (Å²) in [5, 5.41) is 24.1. The molecular formula is C29H37F3N4O3S. The Kier molecular flexibility index (Phi) is 9.45. The SMILES string of the molecule is CS(=O)(=O)N1CCN(Cc2cccc(CC(O)(CNc3ccc(C#N)c(C(F)(F)F)c3)C3CCCCC3)c2)CC1. The van der Waals surface area contributed by atoms with E-state index in [0.717, 1.165) is 55.4 Å². The number of halogens is 3. The van der Waals surface area contributed by atoms with Gasteiger partial charge in [0.15, 0.2) is 0 Å². The molecular weight excluding hydrogens is 541 g/mol. The molecule has 1 unspecified atom stereocenters. The number of sulfonamides is 1. The lowest BCUT2D eigenvalue weighted by Gasteiger charge is -2.39. The van der Waals surface area contributed by atoms with Crippen LogP contribution in [0.1, 0.15) is 54.4 Å². The van der Waals surface area contributed by atoms with Crippen LogP contribution in [0.25, 0.3) is 0 Å². The Morgan fingerprint density at radius 3 is 2.33 bits per heavy atom. The molecule has 1 atom stereocenters. The Balaban J connectivity index is 1.48. The van der Waals surface area contributed by atoms with Gasteiger partial charge in [-0.15, -0.1) is 0 Å². The van der Waals surface area contributed by atoms with Crippen molar-refractivity contribution in [1.29, 1.82) is 5.26 Å². The maximum absolute atomic E-state index is 13.5. The van der Waals surface area contributed by atoms with Gasteiger partial charge in [0, 0.05) is 51.4 Å². The average Bonchev–Trinajstić information content (AvgIpc) is 2.92. The van der Waals surface area contributed by atoms with Gasteiger partial charge in [0.1, 0.15) is 0 Å². The van der Waals surface area contributed by atoms with Gasteiger partial charge in [-0.3, -0.25) is 4.90 Å². The minimum atomic E-state index is -4.65. The summed E-state index contributed by atoms with van der Waals surface area (Å²) in [6, 6.07) is 13.1. The Morgan fingerprint density at radius 2 is 1.70 bits per heavy atom. The summed E-state index contributed by atoms with van der Waals surface area (Å²) in [5.74, 6) is 0.00180. The van der Waals surface area contributed by atoms with Crippen molar-refractivity contribution in [2.75, 3.05) is 44.3 Å². The molecule has 11 heteroatoms. The third-order valence-corrected chi connectivity index (χ3v) is 9.42. The average molecular weight is 579 g/mol. The summed E-state index contributed by atoms with van der Waals surface area (Å²) in [4.78, 5) is 2.21. The molecule has 2 N–H and O–H groups in total. The van der Waals surface area contributed by atoms with Crippen molar-refractivity contribution in [1.82, 2.24) is 9.21 Å². The van der Waals surface area contributed by atoms with Gasteiger partial charge in [-0.05, 0) is 48.1 Å². The third kappa shape index (κ3) is 7.75. The van der Waals surface area contributed by atoms with E-state index in [1.54, 1.807) is 6.07 Å². The first-order chi connectivity index (χ1) is 18.9. The van der Waals surface area contributed by atoms with Crippen molar-refractivity contribution >= 4 is 15.7 Å². The lowest BCUT2D eigenvalue weighted by atomic mass is 9.74. The highest BCUT2D eigenvalue weighted by molar-refractivity contribution is 7.88. The van der Waals surface area contributed by atoms with Crippen molar-refractivity contribution in [2.24, 2.45) is 5.92 Å². The molecule has 1 aliphatic carbocycles. The van der Waals surface area contributed by atoms with E-state index >= 15 is 0 Å². The molecule has 0 radical (unpaired) electrons. The molecule has 0 bridgehead atoms. The van der Waals surface area contributed by atoms with Crippen LogP contribution < -0.4 is 5.32 Å². The third-order valence-electron chi connectivity index (χ3n) is 8.12. The normalized spacial score (nSPS) is 19.6. The van der Waals surface area contributed by atoms with Crippen LogP contribution in [0.2, 0.25) is 0 Å². The second-order valence-electron chi connectivity index (χ2n) is 11.1. The molecule has 218 valence electrons. The van der Waals surface area contributed by atoms with Crippen molar-refractivity contribution < 1.29 is 26.7 Å². The zero-order chi connectivity index (χ0) is 29.0. The van der Waals surface area contributed by atoms with Crippen LogP contribution in [-0.2, 0) is 29.2 Å². The molecule has 1 aliphatic heterocycles. The van der Waals surface area contributed by atoms with Crippen LogP contribution in [0.4, 0.5) is 18.9 Å². The number of anilines is 1. The molecule has 1 heterocycles. The van der Waals surface area contributed by atoms with Crippen molar-refractivity contribution in [3.8, 4) is 6.07 Å². The number of aliphatic hydroxyl groups is 1. The van der Waals surface area contributed by atoms with Gasteiger partial charge >= 0.3 is 6.18 Å². The van der Waals surface area contributed by atoms with E-state index in [0.29, 0.717) is 39.1 Å². The van der Waals surface area contributed by atoms with Crippen LogP contribution in [0.3, 0.4) is 0 Å². The molecule has 0 spiro atoms. The number of hydrogen-bond donors (Lipinski definition) is 2. The number of hydrogen-bond acceptors (Lipinski definition) is 6. The van der Waals surface area contributed by atoms with E-state index < -0.39 is 32.9 Å². The fourth-order valence-electron chi connectivity index (χ4n) is 5.90. The number of nitriles is 1. The smallest absolute Gasteiger partial charge is 0.387 e. The van der Waals surface area contributed by atoms with Crippen LogP contribution in [0, 0.1) is 17.2 Å². The van der Waals surface area contributed by atoms with Gasteiger partial charge in [0.2, 0.25) is 10.0 Å². The first kappa shape index (κ1) is 30.3. The van der Waals surface area contributed by atoms with Crippen molar-refractivity contribution in [2.45, 2.75) is 56.8 Å². The summed E-state index contributed by atoms with van der Waals surface area (Å²) in [5.41, 5.74) is -0.389. The van der Waals surface area contributed by atoms with Crippen LogP contribution in [0.15, 0.2) is 42.5 Å². The Labute approximate surface area is 234 Å². The van der Waals surface area contributed by atoms with E-state index in [9.17, 15) is 26.7 Å². The Hall–Kier alpha value is -2.65. The highest BCUT2D eigenvalue weighted by atomic mass is 32.2. The molecule has 2 aromatic carbocycles. The van der Waals surface area contributed by atoms with E-state index in [4.69, 9.17) is 5.26 Å². The zero-order valence-electron chi connectivity index (χ0n) is 22.8. The maximum atomic E-state index is 13.5. The standard InChI is InChI=1S/C29H37F3N4O3S/c1-40(38,39)36-14-12-35(13-15-36)20-23-7-5-6-22(16-23)18-28(37,25-8-3-2-4-9-25)21-34-26-11-10-24(19-33)27(17-26)29(30,31)32/h5-7,10-11,16-17,25,34,37H,2-4,8-9,12-15,18,20-21H2,1H3. The largest absolute Gasteiger partial charge is 0.417 e. The minimum Gasteiger partial charge on any atom is -0.387 e. The fraction of sp³-hybridized carbons (Fsp3) is 0.552. The second kappa shape index (κ2) is 12.5. The summed E-state index contributed by atoms with van der Waals surface area (Å²) >= 11 is 0. The van der Waals surface area contributed by atoms with E-state index in [2.05, 4.69) is 16.3 Å². The predicted octanol–water partition coefficient (Wildman–Crippen LogP) is 4.62. The maximum Gasteiger partial charge on any atom is 0.417 e. The summed E-state index contributed by atoms with van der Waals surface area (Å²) < 4.78 is 65.6.